The van der Waals surface area contributed by atoms with E-state index in [1.54, 1.807) is 10.6 Å². The van der Waals surface area contributed by atoms with Gasteiger partial charge in [0.1, 0.15) is 11.5 Å². The molecular formula is C17H13BrN2O2S. The fraction of sp³-hybridized carbons (Fsp3) is 0.176. The predicted octanol–water partition coefficient (Wildman–Crippen LogP) is 2.78. The van der Waals surface area contributed by atoms with Crippen LogP contribution in [0, 0.1) is 0 Å². The number of fused-ring (bicyclic) bond motifs is 1. The first kappa shape index (κ1) is 14.7. The summed E-state index contributed by atoms with van der Waals surface area (Å²) in [5.41, 5.74) is 1.03. The lowest BCUT2D eigenvalue weighted by atomic mass is 10.2. The van der Waals surface area contributed by atoms with Gasteiger partial charge in [-0.1, -0.05) is 39.4 Å². The van der Waals surface area contributed by atoms with Crippen LogP contribution >= 0.6 is 27.3 Å². The van der Waals surface area contributed by atoms with Crippen molar-refractivity contribution < 1.29 is 4.42 Å². The van der Waals surface area contributed by atoms with Crippen LogP contribution in [0.2, 0.25) is 0 Å². The first-order valence-electron chi connectivity index (χ1n) is 7.32. The molecule has 23 heavy (non-hydrogen) atoms. The highest BCUT2D eigenvalue weighted by Gasteiger charge is 2.09. The molecule has 0 N–H and O–H groups in total. The first-order valence-corrected chi connectivity index (χ1v) is 8.93. The maximum absolute atomic E-state index is 12.4. The second-order valence-electron chi connectivity index (χ2n) is 5.29. The molecule has 0 unspecified atom stereocenters. The first-order chi connectivity index (χ1) is 11.2. The molecule has 4 rings (SSSR count). The smallest absolute Gasteiger partial charge is 0.270 e. The predicted molar refractivity (Wildman–Crippen MR) is 94.3 cm³/mol. The molecule has 0 radical (unpaired) electrons. The third-order valence-electron chi connectivity index (χ3n) is 3.70. The Hall–Kier alpha value is -1.92. The van der Waals surface area contributed by atoms with E-state index in [-0.39, 0.29) is 5.56 Å². The van der Waals surface area contributed by atoms with Gasteiger partial charge in [-0.2, -0.15) is 0 Å². The Balaban J connectivity index is 1.74. The largest absolute Gasteiger partial charge is 0.457 e. The van der Waals surface area contributed by atoms with Gasteiger partial charge in [-0.3, -0.25) is 14.4 Å². The van der Waals surface area contributed by atoms with Crippen molar-refractivity contribution in [2.75, 3.05) is 6.54 Å². The van der Waals surface area contributed by atoms with Gasteiger partial charge in [0.15, 0.2) is 4.80 Å². The molecule has 116 valence electrons. The minimum Gasteiger partial charge on any atom is -0.457 e. The zero-order chi connectivity index (χ0) is 15.8. The third-order valence-corrected chi connectivity index (χ3v) is 5.28. The summed E-state index contributed by atoms with van der Waals surface area (Å²) in [5, 5.41) is 0. The van der Waals surface area contributed by atoms with Gasteiger partial charge < -0.3 is 4.42 Å². The summed E-state index contributed by atoms with van der Waals surface area (Å²) < 4.78 is 9.30. The van der Waals surface area contributed by atoms with Crippen LogP contribution in [-0.4, -0.2) is 11.1 Å². The Morgan fingerprint density at radius 2 is 2.04 bits per heavy atom. The Kier molecular flexibility index (Phi) is 3.79. The molecule has 1 aliphatic heterocycles. The zero-order valence-corrected chi connectivity index (χ0v) is 14.6. The van der Waals surface area contributed by atoms with Gasteiger partial charge in [0.2, 0.25) is 0 Å². The zero-order valence-electron chi connectivity index (χ0n) is 12.2. The Labute approximate surface area is 144 Å². The van der Waals surface area contributed by atoms with Gasteiger partial charge in [-0.25, -0.2) is 0 Å². The average Bonchev–Trinajstić information content (AvgIpc) is 3.15. The highest BCUT2D eigenvalue weighted by atomic mass is 79.9. The molecular weight excluding hydrogens is 376 g/mol. The summed E-state index contributed by atoms with van der Waals surface area (Å²) in [6, 6.07) is 11.7. The molecule has 2 aromatic heterocycles. The van der Waals surface area contributed by atoms with Crippen LogP contribution < -0.4 is 14.9 Å². The lowest BCUT2D eigenvalue weighted by Crippen LogP contribution is -2.33. The fourth-order valence-electron chi connectivity index (χ4n) is 2.56. The van der Waals surface area contributed by atoms with E-state index in [0.29, 0.717) is 10.3 Å². The van der Waals surface area contributed by atoms with Crippen LogP contribution in [0.15, 0.2) is 55.1 Å². The molecule has 1 aromatic carbocycles. The number of nitrogens with zero attached hydrogens (tertiary/aromatic N) is 2. The van der Waals surface area contributed by atoms with E-state index < -0.39 is 0 Å². The van der Waals surface area contributed by atoms with Gasteiger partial charge in [-0.05, 0) is 30.7 Å². The molecule has 0 aliphatic carbocycles. The molecule has 3 heterocycles. The van der Waals surface area contributed by atoms with Crippen molar-refractivity contribution in [2.24, 2.45) is 4.99 Å². The summed E-state index contributed by atoms with van der Waals surface area (Å²) in [5.74, 6) is 1.47. The summed E-state index contributed by atoms with van der Waals surface area (Å²) in [6.45, 7) is 1.55. The molecule has 4 nitrogen and oxygen atoms in total. The number of halogens is 1. The van der Waals surface area contributed by atoms with E-state index in [9.17, 15) is 4.79 Å². The van der Waals surface area contributed by atoms with E-state index in [0.717, 1.165) is 40.1 Å². The van der Waals surface area contributed by atoms with Crippen molar-refractivity contribution in [3.63, 3.8) is 0 Å². The molecule has 0 saturated heterocycles. The molecule has 0 fully saturated rings. The number of hydrogen-bond donors (Lipinski definition) is 0. The SMILES string of the molecule is O=c1c(=Cc2ccc(-c3ccc(Br)cc3)o2)sc2n1CCCN=2. The summed E-state index contributed by atoms with van der Waals surface area (Å²) in [7, 11) is 0. The van der Waals surface area contributed by atoms with E-state index >= 15 is 0 Å². The van der Waals surface area contributed by atoms with Crippen LogP contribution in [0.4, 0.5) is 0 Å². The molecule has 3 aromatic rings. The maximum atomic E-state index is 12.4. The van der Waals surface area contributed by atoms with Crippen molar-refractivity contribution in [3.8, 4) is 11.3 Å². The minimum absolute atomic E-state index is 0.0232. The number of aromatic nitrogens is 1. The van der Waals surface area contributed by atoms with Crippen LogP contribution in [0.1, 0.15) is 12.2 Å². The van der Waals surface area contributed by atoms with E-state index in [4.69, 9.17) is 4.42 Å². The van der Waals surface area contributed by atoms with Crippen molar-refractivity contribution in [2.45, 2.75) is 13.0 Å². The normalized spacial score (nSPS) is 14.6. The number of hydrogen-bond acceptors (Lipinski definition) is 4. The van der Waals surface area contributed by atoms with Gasteiger partial charge in [-0.15, -0.1) is 0 Å². The standard InChI is InChI=1S/C17H13BrN2O2S/c18-12-4-2-11(3-5-12)14-7-6-13(22-14)10-15-16(21)20-9-1-8-19-17(20)23-15/h2-7,10H,1,8-9H2. The van der Waals surface area contributed by atoms with E-state index in [1.807, 2.05) is 36.4 Å². The van der Waals surface area contributed by atoms with Gasteiger partial charge in [0.05, 0.1) is 4.53 Å². The number of furan rings is 1. The monoisotopic (exact) mass is 388 g/mol. The molecule has 0 spiro atoms. The molecule has 0 amide bonds. The quantitative estimate of drug-likeness (QED) is 0.677. The van der Waals surface area contributed by atoms with E-state index in [1.165, 1.54) is 11.3 Å². The highest BCUT2D eigenvalue weighted by molar-refractivity contribution is 9.10. The van der Waals surface area contributed by atoms with Crippen LogP contribution in [0.5, 0.6) is 0 Å². The fourth-order valence-corrected chi connectivity index (χ4v) is 3.83. The molecule has 0 atom stereocenters. The molecule has 0 bridgehead atoms. The van der Waals surface area contributed by atoms with Crippen molar-refractivity contribution in [1.82, 2.24) is 4.57 Å². The lowest BCUT2D eigenvalue weighted by molar-refractivity contribution is 0.568. The number of rotatable bonds is 2. The van der Waals surface area contributed by atoms with Crippen LogP contribution in [0.3, 0.4) is 0 Å². The average molecular weight is 389 g/mol. The Morgan fingerprint density at radius 3 is 2.83 bits per heavy atom. The molecule has 1 aliphatic rings. The topological polar surface area (TPSA) is 47.5 Å². The van der Waals surface area contributed by atoms with Gasteiger partial charge in [0.25, 0.3) is 5.56 Å². The summed E-state index contributed by atoms with van der Waals surface area (Å²) in [6.07, 6.45) is 2.73. The minimum atomic E-state index is 0.0232. The second kappa shape index (κ2) is 5.94. The van der Waals surface area contributed by atoms with Gasteiger partial charge in [0, 0.05) is 29.2 Å². The van der Waals surface area contributed by atoms with Crippen molar-refractivity contribution >= 4 is 33.3 Å². The molecule has 0 saturated carbocycles. The number of thiazole rings is 1. The maximum Gasteiger partial charge on any atom is 0.270 e. The van der Waals surface area contributed by atoms with Gasteiger partial charge >= 0.3 is 0 Å². The van der Waals surface area contributed by atoms with E-state index in [2.05, 4.69) is 20.9 Å². The highest BCUT2D eigenvalue weighted by Crippen LogP contribution is 2.24. The summed E-state index contributed by atoms with van der Waals surface area (Å²) in [4.78, 5) is 17.6. The summed E-state index contributed by atoms with van der Waals surface area (Å²) >= 11 is 4.85. The lowest BCUT2D eigenvalue weighted by Gasteiger charge is -2.03. The van der Waals surface area contributed by atoms with Crippen molar-refractivity contribution in [3.05, 3.63) is 66.3 Å². The number of benzene rings is 1. The second-order valence-corrected chi connectivity index (χ2v) is 7.22. The Bertz CT molecular complexity index is 1030. The molecule has 6 heteroatoms. The third kappa shape index (κ3) is 2.84. The van der Waals surface area contributed by atoms with Crippen LogP contribution in [-0.2, 0) is 6.54 Å². The Morgan fingerprint density at radius 1 is 1.22 bits per heavy atom. The van der Waals surface area contributed by atoms with Crippen LogP contribution in [0.25, 0.3) is 17.4 Å². The van der Waals surface area contributed by atoms with Crippen molar-refractivity contribution in [1.29, 1.82) is 0 Å².